The summed E-state index contributed by atoms with van der Waals surface area (Å²) in [6.07, 6.45) is 10.0. The molecule has 0 spiro atoms. The summed E-state index contributed by atoms with van der Waals surface area (Å²) in [5.74, 6) is -0.151. The predicted molar refractivity (Wildman–Crippen MR) is 108 cm³/mol. The minimum absolute atomic E-state index is 0.185. The highest BCUT2D eigenvalue weighted by atomic mass is 16.6. The molecule has 0 unspecified atom stereocenters. The van der Waals surface area contributed by atoms with Crippen molar-refractivity contribution in [1.82, 2.24) is 5.32 Å². The summed E-state index contributed by atoms with van der Waals surface area (Å²) in [5, 5.41) is 2.92. The lowest BCUT2D eigenvalue weighted by Gasteiger charge is -2.22. The normalized spacial score (nSPS) is 15.5. The molecule has 0 atom stereocenters. The van der Waals surface area contributed by atoms with Gasteiger partial charge in [-0.3, -0.25) is 4.79 Å². The Morgan fingerprint density at radius 3 is 2.63 bits per heavy atom. The molecule has 1 fully saturated rings. The van der Waals surface area contributed by atoms with Crippen molar-refractivity contribution in [3.8, 4) is 5.75 Å². The molecular weight excluding hydrogens is 342 g/mol. The van der Waals surface area contributed by atoms with E-state index in [0.29, 0.717) is 11.4 Å². The molecule has 1 aromatic rings. The van der Waals surface area contributed by atoms with E-state index in [9.17, 15) is 9.59 Å². The zero-order valence-electron chi connectivity index (χ0n) is 15.7. The summed E-state index contributed by atoms with van der Waals surface area (Å²) >= 11 is 0. The van der Waals surface area contributed by atoms with E-state index in [1.807, 2.05) is 6.92 Å². The Labute approximate surface area is 159 Å². The van der Waals surface area contributed by atoms with Gasteiger partial charge in [0, 0.05) is 22.9 Å². The molecule has 6 nitrogen and oxygen atoms in total. The van der Waals surface area contributed by atoms with Gasteiger partial charge < -0.3 is 21.5 Å². The van der Waals surface area contributed by atoms with E-state index in [1.54, 1.807) is 30.4 Å². The highest BCUT2D eigenvalue weighted by Crippen LogP contribution is 2.26. The van der Waals surface area contributed by atoms with Crippen LogP contribution < -0.4 is 21.5 Å². The topological polar surface area (TPSA) is 107 Å². The van der Waals surface area contributed by atoms with Gasteiger partial charge in [-0.25, -0.2) is 4.79 Å². The van der Waals surface area contributed by atoms with Crippen LogP contribution in [-0.2, 0) is 4.79 Å². The van der Waals surface area contributed by atoms with E-state index in [1.165, 1.54) is 12.5 Å². The number of primary amides is 1. The number of hydrogen-bond acceptors (Lipinski definition) is 4. The molecule has 1 saturated carbocycles. The van der Waals surface area contributed by atoms with Crippen molar-refractivity contribution < 1.29 is 14.3 Å². The minimum Gasteiger partial charge on any atom is -0.410 e. The first kappa shape index (κ1) is 20.3. The quantitative estimate of drug-likeness (QED) is 0.404. The van der Waals surface area contributed by atoms with Gasteiger partial charge >= 0.3 is 6.09 Å². The number of nitrogens with two attached hydrogens (primary N) is 2. The van der Waals surface area contributed by atoms with Gasteiger partial charge in [0.15, 0.2) is 0 Å². The maximum atomic E-state index is 12.1. The van der Waals surface area contributed by atoms with Crippen molar-refractivity contribution in [3.63, 3.8) is 0 Å². The third-order valence-electron chi connectivity index (χ3n) is 4.55. The summed E-state index contributed by atoms with van der Waals surface area (Å²) in [5.41, 5.74) is 13.5. The van der Waals surface area contributed by atoms with E-state index < -0.39 is 12.0 Å². The molecule has 0 saturated heterocycles. The van der Waals surface area contributed by atoms with E-state index in [4.69, 9.17) is 16.2 Å². The van der Waals surface area contributed by atoms with Gasteiger partial charge in [-0.2, -0.15) is 0 Å². The summed E-state index contributed by atoms with van der Waals surface area (Å²) in [6.45, 7) is 5.43. The second-order valence-electron chi connectivity index (χ2n) is 6.72. The molecule has 0 heterocycles. The van der Waals surface area contributed by atoms with Crippen molar-refractivity contribution in [3.05, 3.63) is 54.1 Å². The van der Waals surface area contributed by atoms with Crippen LogP contribution in [0.2, 0.25) is 0 Å². The smallest absolute Gasteiger partial charge is 0.410 e. The van der Waals surface area contributed by atoms with Gasteiger partial charge in [-0.1, -0.05) is 44.1 Å². The monoisotopic (exact) mass is 369 g/mol. The van der Waals surface area contributed by atoms with Crippen LogP contribution in [0.25, 0.3) is 5.57 Å². The fraction of sp³-hybridized carbons (Fsp3) is 0.333. The molecule has 5 N–H and O–H groups in total. The van der Waals surface area contributed by atoms with Gasteiger partial charge in [0.05, 0.1) is 0 Å². The number of hydrogen-bond donors (Lipinski definition) is 3. The van der Waals surface area contributed by atoms with E-state index >= 15 is 0 Å². The lowest BCUT2D eigenvalue weighted by molar-refractivity contribution is -0.114. The van der Waals surface area contributed by atoms with Crippen LogP contribution in [0.3, 0.4) is 0 Å². The van der Waals surface area contributed by atoms with Gasteiger partial charge in [0.25, 0.3) is 0 Å². The maximum absolute atomic E-state index is 12.1. The average Bonchev–Trinajstić information content (AvgIpc) is 2.63. The Bertz CT molecular complexity index is 775. The molecule has 27 heavy (non-hydrogen) atoms. The third-order valence-corrected chi connectivity index (χ3v) is 4.55. The number of ether oxygens (including phenoxy) is 1. The van der Waals surface area contributed by atoms with Crippen molar-refractivity contribution in [2.45, 2.75) is 45.1 Å². The number of carbonyl (C=O) groups is 2. The van der Waals surface area contributed by atoms with Crippen LogP contribution in [0.5, 0.6) is 5.75 Å². The Hall–Kier alpha value is -3.02. The zero-order chi connectivity index (χ0) is 19.8. The molecule has 1 aromatic carbocycles. The van der Waals surface area contributed by atoms with Crippen LogP contribution in [-0.4, -0.2) is 18.0 Å². The number of allylic oxidation sites excluding steroid dienone is 3. The van der Waals surface area contributed by atoms with Gasteiger partial charge in [-0.05, 0) is 43.5 Å². The van der Waals surface area contributed by atoms with Crippen LogP contribution in [0.1, 0.15) is 44.6 Å². The fourth-order valence-electron chi connectivity index (χ4n) is 2.97. The van der Waals surface area contributed by atoms with Crippen molar-refractivity contribution in [2.24, 2.45) is 5.73 Å². The zero-order valence-corrected chi connectivity index (χ0v) is 15.7. The molecular formula is C21H27N3O3. The van der Waals surface area contributed by atoms with E-state index in [-0.39, 0.29) is 11.6 Å². The summed E-state index contributed by atoms with van der Waals surface area (Å²) in [6, 6.07) is 5.27. The van der Waals surface area contributed by atoms with Crippen molar-refractivity contribution in [2.75, 3.05) is 5.73 Å². The molecule has 0 bridgehead atoms. The van der Waals surface area contributed by atoms with Crippen LogP contribution in [0, 0.1) is 0 Å². The fourth-order valence-corrected chi connectivity index (χ4v) is 2.97. The second kappa shape index (κ2) is 9.62. The molecule has 0 radical (unpaired) electrons. The lowest BCUT2D eigenvalue weighted by atomic mass is 9.96. The van der Waals surface area contributed by atoms with E-state index in [2.05, 4.69) is 11.9 Å². The molecule has 0 aromatic heterocycles. The predicted octanol–water partition coefficient (Wildman–Crippen LogP) is 3.69. The van der Waals surface area contributed by atoms with Crippen molar-refractivity contribution in [1.29, 1.82) is 0 Å². The maximum Gasteiger partial charge on any atom is 0.412 e. The average molecular weight is 369 g/mol. The summed E-state index contributed by atoms with van der Waals surface area (Å²) < 4.78 is 5.41. The number of benzene rings is 1. The van der Waals surface area contributed by atoms with Gasteiger partial charge in [0.2, 0.25) is 5.91 Å². The molecule has 0 aliphatic heterocycles. The molecule has 1 aliphatic carbocycles. The standard InChI is InChI=1S/C21H27N3O3/c1-14(7-6-8-15(2)20(23)25)18-13-17(11-12-19(18)22)27-21(26)24-16-9-4-3-5-10-16/h6-8,11-13,16H,2-5,9-10,22H2,1H3,(H2,23,25)(H,24,26)/b8-6-,14-7+. The number of amides is 2. The summed E-state index contributed by atoms with van der Waals surface area (Å²) in [7, 11) is 0. The molecule has 144 valence electrons. The third kappa shape index (κ3) is 6.33. The highest BCUT2D eigenvalue weighted by Gasteiger charge is 2.17. The molecule has 2 amide bonds. The molecule has 1 aliphatic rings. The van der Waals surface area contributed by atoms with Crippen LogP contribution in [0.15, 0.2) is 48.6 Å². The van der Waals surface area contributed by atoms with Gasteiger partial charge in [0.1, 0.15) is 5.75 Å². The second-order valence-corrected chi connectivity index (χ2v) is 6.72. The van der Waals surface area contributed by atoms with E-state index in [0.717, 1.165) is 36.8 Å². The Kier molecular flexibility index (Phi) is 7.23. The lowest BCUT2D eigenvalue weighted by Crippen LogP contribution is -2.38. The Morgan fingerprint density at radius 1 is 1.26 bits per heavy atom. The number of carbonyl (C=O) groups excluding carboxylic acids is 2. The first-order valence-electron chi connectivity index (χ1n) is 9.08. The molecule has 6 heteroatoms. The Balaban J connectivity index is 2.04. The highest BCUT2D eigenvalue weighted by molar-refractivity contribution is 5.94. The number of anilines is 1. The SMILES string of the molecule is C=C(/C=C\C=C(/C)c1cc(OC(=O)NC2CCCCC2)ccc1N)C(N)=O. The first-order valence-corrected chi connectivity index (χ1v) is 9.08. The number of nitrogens with one attached hydrogen (secondary N) is 1. The van der Waals surface area contributed by atoms with Crippen LogP contribution >= 0.6 is 0 Å². The van der Waals surface area contributed by atoms with Crippen molar-refractivity contribution >= 4 is 23.3 Å². The Morgan fingerprint density at radius 2 is 1.96 bits per heavy atom. The number of nitrogen functional groups attached to an aromatic ring is 1. The first-order chi connectivity index (χ1) is 12.9. The largest absolute Gasteiger partial charge is 0.412 e. The summed E-state index contributed by atoms with van der Waals surface area (Å²) in [4.78, 5) is 23.1. The minimum atomic E-state index is -0.573. The van der Waals surface area contributed by atoms with Gasteiger partial charge in [-0.15, -0.1) is 0 Å². The van der Waals surface area contributed by atoms with Crippen LogP contribution in [0.4, 0.5) is 10.5 Å². The number of rotatable bonds is 6. The molecule has 2 rings (SSSR count).